The fraction of sp³-hybridized carbons (Fsp3) is 0.500. The SMILES string of the molecule is CCC(=O)Nc1cccc(NC(C)COC)c1C. The van der Waals surface area contributed by atoms with E-state index in [9.17, 15) is 4.79 Å². The third-order valence-electron chi connectivity index (χ3n) is 2.75. The number of rotatable bonds is 6. The van der Waals surface area contributed by atoms with Crippen molar-refractivity contribution in [1.29, 1.82) is 0 Å². The van der Waals surface area contributed by atoms with Crippen LogP contribution < -0.4 is 10.6 Å². The van der Waals surface area contributed by atoms with Gasteiger partial charge in [0.2, 0.25) is 5.91 Å². The summed E-state index contributed by atoms with van der Waals surface area (Å²) in [5.41, 5.74) is 2.92. The van der Waals surface area contributed by atoms with Crippen molar-refractivity contribution in [3.05, 3.63) is 23.8 Å². The van der Waals surface area contributed by atoms with E-state index in [0.717, 1.165) is 16.9 Å². The second kappa shape index (κ2) is 7.01. The molecule has 4 heteroatoms. The molecule has 1 atom stereocenters. The number of carbonyl (C=O) groups excluding carboxylic acids is 1. The van der Waals surface area contributed by atoms with Gasteiger partial charge in [0.05, 0.1) is 6.61 Å². The second-order valence-electron chi connectivity index (χ2n) is 4.38. The van der Waals surface area contributed by atoms with Gasteiger partial charge in [-0.3, -0.25) is 4.79 Å². The van der Waals surface area contributed by atoms with Crippen LogP contribution in [-0.2, 0) is 9.53 Å². The van der Waals surface area contributed by atoms with E-state index in [1.165, 1.54) is 0 Å². The standard InChI is InChI=1S/C14H22N2O2/c1-5-14(17)16-13-8-6-7-12(11(13)3)15-10(2)9-18-4/h6-8,10,15H,5,9H2,1-4H3,(H,16,17). The van der Waals surface area contributed by atoms with Crippen molar-refractivity contribution >= 4 is 17.3 Å². The Morgan fingerprint density at radius 2 is 2.06 bits per heavy atom. The summed E-state index contributed by atoms with van der Waals surface area (Å²) in [6.45, 7) is 6.53. The third-order valence-corrected chi connectivity index (χ3v) is 2.75. The maximum absolute atomic E-state index is 11.4. The van der Waals surface area contributed by atoms with Crippen LogP contribution in [0.2, 0.25) is 0 Å². The summed E-state index contributed by atoms with van der Waals surface area (Å²) in [5, 5.41) is 6.26. The zero-order valence-electron chi connectivity index (χ0n) is 11.5. The summed E-state index contributed by atoms with van der Waals surface area (Å²) in [4.78, 5) is 11.4. The van der Waals surface area contributed by atoms with Gasteiger partial charge in [-0.2, -0.15) is 0 Å². The largest absolute Gasteiger partial charge is 0.383 e. The number of ether oxygens (including phenoxy) is 1. The zero-order valence-corrected chi connectivity index (χ0v) is 11.5. The Balaban J connectivity index is 2.81. The van der Waals surface area contributed by atoms with Gasteiger partial charge in [0.1, 0.15) is 0 Å². The van der Waals surface area contributed by atoms with Crippen molar-refractivity contribution in [2.45, 2.75) is 33.2 Å². The molecule has 1 aromatic rings. The molecule has 1 unspecified atom stereocenters. The minimum absolute atomic E-state index is 0.0280. The Kier molecular flexibility index (Phi) is 5.65. The van der Waals surface area contributed by atoms with Crippen molar-refractivity contribution in [1.82, 2.24) is 0 Å². The molecule has 100 valence electrons. The molecule has 0 saturated heterocycles. The van der Waals surface area contributed by atoms with Crippen molar-refractivity contribution in [2.75, 3.05) is 24.4 Å². The van der Waals surface area contributed by atoms with Gasteiger partial charge in [-0.05, 0) is 31.5 Å². The lowest BCUT2D eigenvalue weighted by molar-refractivity contribution is -0.115. The number of methoxy groups -OCH3 is 1. The normalized spacial score (nSPS) is 12.0. The lowest BCUT2D eigenvalue weighted by atomic mass is 10.1. The first-order valence-corrected chi connectivity index (χ1v) is 6.23. The molecule has 0 aliphatic rings. The van der Waals surface area contributed by atoms with E-state index in [4.69, 9.17) is 4.74 Å². The summed E-state index contributed by atoms with van der Waals surface area (Å²) in [6, 6.07) is 6.07. The fourth-order valence-electron chi connectivity index (χ4n) is 1.72. The molecule has 1 rings (SSSR count). The van der Waals surface area contributed by atoms with Crippen molar-refractivity contribution in [3.63, 3.8) is 0 Å². The highest BCUT2D eigenvalue weighted by molar-refractivity contribution is 5.92. The number of nitrogens with one attached hydrogen (secondary N) is 2. The van der Waals surface area contributed by atoms with E-state index in [2.05, 4.69) is 17.6 Å². The van der Waals surface area contributed by atoms with Gasteiger partial charge < -0.3 is 15.4 Å². The Labute approximate surface area is 109 Å². The minimum atomic E-state index is 0.0280. The molecule has 0 heterocycles. The molecule has 0 aliphatic heterocycles. The Hall–Kier alpha value is -1.55. The van der Waals surface area contributed by atoms with Crippen molar-refractivity contribution in [2.24, 2.45) is 0 Å². The molecule has 0 spiro atoms. The molecular weight excluding hydrogens is 228 g/mol. The Bertz CT molecular complexity index is 405. The zero-order chi connectivity index (χ0) is 13.5. The average molecular weight is 250 g/mol. The van der Waals surface area contributed by atoms with Gasteiger partial charge in [-0.1, -0.05) is 13.0 Å². The topological polar surface area (TPSA) is 50.4 Å². The van der Waals surface area contributed by atoms with Crippen LogP contribution in [0.4, 0.5) is 11.4 Å². The number of anilines is 2. The molecule has 1 aromatic carbocycles. The first-order chi connectivity index (χ1) is 8.58. The van der Waals surface area contributed by atoms with E-state index >= 15 is 0 Å². The highest BCUT2D eigenvalue weighted by Gasteiger charge is 2.08. The Morgan fingerprint density at radius 1 is 1.39 bits per heavy atom. The summed E-state index contributed by atoms with van der Waals surface area (Å²) in [5.74, 6) is 0.0280. The molecule has 2 N–H and O–H groups in total. The molecule has 0 saturated carbocycles. The van der Waals surface area contributed by atoms with E-state index < -0.39 is 0 Å². The van der Waals surface area contributed by atoms with Crippen LogP contribution in [-0.4, -0.2) is 25.7 Å². The van der Waals surface area contributed by atoms with Gasteiger partial charge >= 0.3 is 0 Å². The quantitative estimate of drug-likeness (QED) is 0.816. The van der Waals surface area contributed by atoms with Gasteiger partial charge in [-0.25, -0.2) is 0 Å². The maximum Gasteiger partial charge on any atom is 0.224 e. The molecule has 0 aromatic heterocycles. The van der Waals surface area contributed by atoms with Crippen LogP contribution in [0.1, 0.15) is 25.8 Å². The highest BCUT2D eigenvalue weighted by atomic mass is 16.5. The predicted molar refractivity (Wildman–Crippen MR) is 75.1 cm³/mol. The van der Waals surface area contributed by atoms with Crippen LogP contribution >= 0.6 is 0 Å². The molecule has 0 radical (unpaired) electrons. The molecule has 0 bridgehead atoms. The van der Waals surface area contributed by atoms with Gasteiger partial charge in [-0.15, -0.1) is 0 Å². The number of hydrogen-bond donors (Lipinski definition) is 2. The van der Waals surface area contributed by atoms with Crippen LogP contribution in [0, 0.1) is 6.92 Å². The highest BCUT2D eigenvalue weighted by Crippen LogP contribution is 2.24. The van der Waals surface area contributed by atoms with E-state index in [-0.39, 0.29) is 11.9 Å². The first-order valence-electron chi connectivity index (χ1n) is 6.23. The van der Waals surface area contributed by atoms with Crippen molar-refractivity contribution in [3.8, 4) is 0 Å². The molecule has 1 amide bonds. The van der Waals surface area contributed by atoms with Gasteiger partial charge in [0, 0.05) is 30.9 Å². The van der Waals surface area contributed by atoms with Crippen LogP contribution in [0.5, 0.6) is 0 Å². The van der Waals surface area contributed by atoms with Crippen LogP contribution in [0.15, 0.2) is 18.2 Å². The molecule has 0 fully saturated rings. The minimum Gasteiger partial charge on any atom is -0.383 e. The predicted octanol–water partition coefficient (Wildman–Crippen LogP) is 2.79. The Morgan fingerprint density at radius 3 is 2.67 bits per heavy atom. The van der Waals surface area contributed by atoms with E-state index in [1.54, 1.807) is 7.11 Å². The van der Waals surface area contributed by atoms with Gasteiger partial charge in [0.15, 0.2) is 0 Å². The van der Waals surface area contributed by atoms with Crippen molar-refractivity contribution < 1.29 is 9.53 Å². The van der Waals surface area contributed by atoms with Gasteiger partial charge in [0.25, 0.3) is 0 Å². The fourth-order valence-corrected chi connectivity index (χ4v) is 1.72. The third kappa shape index (κ3) is 4.04. The molecule has 0 aliphatic carbocycles. The van der Waals surface area contributed by atoms with E-state index in [0.29, 0.717) is 13.0 Å². The number of benzene rings is 1. The van der Waals surface area contributed by atoms with E-state index in [1.807, 2.05) is 32.0 Å². The van der Waals surface area contributed by atoms with Crippen LogP contribution in [0.25, 0.3) is 0 Å². The molecular formula is C14H22N2O2. The molecule has 4 nitrogen and oxygen atoms in total. The number of hydrogen-bond acceptors (Lipinski definition) is 3. The summed E-state index contributed by atoms with van der Waals surface area (Å²) in [6.07, 6.45) is 0.483. The summed E-state index contributed by atoms with van der Waals surface area (Å²) >= 11 is 0. The lowest BCUT2D eigenvalue weighted by Gasteiger charge is -2.18. The summed E-state index contributed by atoms with van der Waals surface area (Å²) in [7, 11) is 1.68. The monoisotopic (exact) mass is 250 g/mol. The first kappa shape index (κ1) is 14.5. The number of amides is 1. The second-order valence-corrected chi connectivity index (χ2v) is 4.38. The van der Waals surface area contributed by atoms with Crippen LogP contribution in [0.3, 0.4) is 0 Å². The maximum atomic E-state index is 11.4. The molecule has 18 heavy (non-hydrogen) atoms. The summed E-state index contributed by atoms with van der Waals surface area (Å²) < 4.78 is 5.10. The lowest BCUT2D eigenvalue weighted by Crippen LogP contribution is -2.21. The number of carbonyl (C=O) groups is 1. The average Bonchev–Trinajstić information content (AvgIpc) is 2.34. The smallest absolute Gasteiger partial charge is 0.224 e.